The first-order valence-electron chi connectivity index (χ1n) is 9.56. The van der Waals surface area contributed by atoms with Crippen molar-refractivity contribution >= 4 is 11.0 Å². The summed E-state index contributed by atoms with van der Waals surface area (Å²) in [4.78, 5) is 4.30. The second kappa shape index (κ2) is 8.90. The normalized spacial score (nSPS) is 14.6. The summed E-state index contributed by atoms with van der Waals surface area (Å²) in [5.41, 5.74) is 1.67. The first-order valence-corrected chi connectivity index (χ1v) is 9.56. The number of nitrogens with zero attached hydrogens (tertiary/aromatic N) is 4. The van der Waals surface area contributed by atoms with Crippen LogP contribution in [0.2, 0.25) is 0 Å². The molecule has 1 aliphatic rings. The Morgan fingerprint density at radius 1 is 1.17 bits per heavy atom. The third-order valence-electron chi connectivity index (χ3n) is 4.73. The number of rotatable bonds is 7. The highest BCUT2D eigenvalue weighted by molar-refractivity contribution is 5.77. The molecule has 29 heavy (non-hydrogen) atoms. The summed E-state index contributed by atoms with van der Waals surface area (Å²) in [6.45, 7) is 2.56. The van der Waals surface area contributed by atoms with Crippen molar-refractivity contribution in [2.75, 3.05) is 26.4 Å². The molecule has 0 radical (unpaired) electrons. The molecular weight excluding hydrogens is 372 g/mol. The van der Waals surface area contributed by atoms with Crippen LogP contribution in [0, 0.1) is 11.3 Å². The highest BCUT2D eigenvalue weighted by Gasteiger charge is 2.14. The lowest BCUT2D eigenvalue weighted by Crippen LogP contribution is -2.25. The van der Waals surface area contributed by atoms with E-state index < -0.39 is 0 Å². The van der Waals surface area contributed by atoms with E-state index in [0.717, 1.165) is 37.3 Å². The second-order valence-corrected chi connectivity index (χ2v) is 6.72. The predicted molar refractivity (Wildman–Crippen MR) is 105 cm³/mol. The minimum atomic E-state index is 0.219. The van der Waals surface area contributed by atoms with Gasteiger partial charge in [0.15, 0.2) is 11.4 Å². The summed E-state index contributed by atoms with van der Waals surface area (Å²) in [7, 11) is 1.82. The third-order valence-corrected chi connectivity index (χ3v) is 4.73. The first kappa shape index (κ1) is 19.2. The van der Waals surface area contributed by atoms with Crippen LogP contribution >= 0.6 is 0 Å². The van der Waals surface area contributed by atoms with Gasteiger partial charge in [-0.15, -0.1) is 0 Å². The van der Waals surface area contributed by atoms with Crippen LogP contribution in [-0.4, -0.2) is 47.3 Å². The Bertz CT molecular complexity index is 1000. The zero-order valence-electron chi connectivity index (χ0n) is 16.2. The number of aryl methyl sites for hydroxylation is 1. The highest BCUT2D eigenvalue weighted by atomic mass is 16.5. The van der Waals surface area contributed by atoms with Crippen LogP contribution in [0.4, 0.5) is 0 Å². The Kier molecular flexibility index (Phi) is 5.89. The Hall–Kier alpha value is -3.15. The van der Waals surface area contributed by atoms with Crippen molar-refractivity contribution in [1.82, 2.24) is 14.8 Å². The molecular formula is C21H22N4O4. The number of nitriles is 1. The van der Waals surface area contributed by atoms with Crippen LogP contribution in [0.3, 0.4) is 0 Å². The maximum atomic E-state index is 9.36. The lowest BCUT2D eigenvalue weighted by atomic mass is 10.2. The Labute approximate surface area is 168 Å². The fourth-order valence-corrected chi connectivity index (χ4v) is 3.16. The van der Waals surface area contributed by atoms with Crippen LogP contribution in [0.5, 0.6) is 17.2 Å². The van der Waals surface area contributed by atoms with E-state index in [-0.39, 0.29) is 11.8 Å². The van der Waals surface area contributed by atoms with Crippen LogP contribution in [0.1, 0.15) is 18.5 Å². The van der Waals surface area contributed by atoms with Crippen LogP contribution in [0.25, 0.3) is 11.0 Å². The molecule has 1 fully saturated rings. The van der Waals surface area contributed by atoms with E-state index >= 15 is 0 Å². The molecule has 3 aromatic rings. The van der Waals surface area contributed by atoms with Gasteiger partial charge in [-0.25, -0.2) is 4.98 Å². The summed E-state index contributed by atoms with van der Waals surface area (Å²) in [6.07, 6.45) is 3.77. The van der Waals surface area contributed by atoms with E-state index in [4.69, 9.17) is 18.9 Å². The van der Waals surface area contributed by atoms with E-state index in [9.17, 15) is 5.26 Å². The smallest absolute Gasteiger partial charge is 0.184 e. The molecule has 0 atom stereocenters. The molecule has 1 aliphatic heterocycles. The molecule has 150 valence electrons. The first-order chi connectivity index (χ1) is 14.2. The molecule has 0 amide bonds. The summed E-state index contributed by atoms with van der Waals surface area (Å²) >= 11 is 0. The molecule has 0 N–H and O–H groups in total. The molecule has 0 bridgehead atoms. The second-order valence-electron chi connectivity index (χ2n) is 6.72. The van der Waals surface area contributed by atoms with Gasteiger partial charge >= 0.3 is 0 Å². The van der Waals surface area contributed by atoms with Crippen molar-refractivity contribution in [1.29, 1.82) is 5.26 Å². The summed E-state index contributed by atoms with van der Waals surface area (Å²) in [6, 6.07) is 11.1. The van der Waals surface area contributed by atoms with Crippen molar-refractivity contribution in [2.45, 2.75) is 18.9 Å². The molecule has 4 rings (SSSR count). The van der Waals surface area contributed by atoms with Gasteiger partial charge in [0.05, 0.1) is 24.4 Å². The van der Waals surface area contributed by atoms with Gasteiger partial charge in [0, 0.05) is 26.3 Å². The van der Waals surface area contributed by atoms with Crippen molar-refractivity contribution in [3.8, 4) is 23.3 Å². The molecule has 0 unspecified atom stereocenters. The third kappa shape index (κ3) is 4.65. The number of hydrogen-bond donors (Lipinski definition) is 0. The lowest BCUT2D eigenvalue weighted by molar-refractivity contribution is -0.0388. The average Bonchev–Trinajstić information content (AvgIpc) is 3.12. The predicted octanol–water partition coefficient (Wildman–Crippen LogP) is 3.21. The monoisotopic (exact) mass is 394 g/mol. The molecule has 2 aromatic heterocycles. The van der Waals surface area contributed by atoms with Crippen molar-refractivity contribution in [3.63, 3.8) is 0 Å². The molecule has 0 saturated carbocycles. The Morgan fingerprint density at radius 2 is 1.93 bits per heavy atom. The molecule has 0 aliphatic carbocycles. The fraction of sp³-hybridized carbons (Fsp3) is 0.381. The summed E-state index contributed by atoms with van der Waals surface area (Å²) in [5, 5.41) is 13.5. The zero-order valence-corrected chi connectivity index (χ0v) is 16.2. The Morgan fingerprint density at radius 3 is 2.69 bits per heavy atom. The Balaban J connectivity index is 1.34. The minimum Gasteiger partial charge on any atom is -0.491 e. The van der Waals surface area contributed by atoms with Gasteiger partial charge in [0.2, 0.25) is 0 Å². The summed E-state index contributed by atoms with van der Waals surface area (Å²) < 4.78 is 24.4. The van der Waals surface area contributed by atoms with Crippen molar-refractivity contribution in [3.05, 3.63) is 42.2 Å². The number of hydrogen-bond acceptors (Lipinski definition) is 7. The fourth-order valence-electron chi connectivity index (χ4n) is 3.16. The summed E-state index contributed by atoms with van der Waals surface area (Å²) in [5.74, 6) is 1.71. The number of benzene rings is 1. The minimum absolute atomic E-state index is 0.219. The molecule has 3 heterocycles. The molecule has 1 aromatic carbocycles. The highest BCUT2D eigenvalue weighted by Crippen LogP contribution is 2.28. The van der Waals surface area contributed by atoms with Gasteiger partial charge < -0.3 is 18.9 Å². The van der Waals surface area contributed by atoms with Gasteiger partial charge in [-0.3, -0.25) is 4.68 Å². The lowest BCUT2D eigenvalue weighted by Gasteiger charge is -2.22. The SMILES string of the molecule is Cn1ncc2nc(C#N)c(Oc3ccc(OCCOC4CCOCC4)cc3)cc21. The van der Waals surface area contributed by atoms with Gasteiger partial charge in [-0.2, -0.15) is 10.4 Å². The van der Waals surface area contributed by atoms with Crippen LogP contribution in [0.15, 0.2) is 36.5 Å². The van der Waals surface area contributed by atoms with Gasteiger partial charge in [-0.1, -0.05) is 0 Å². The molecule has 8 nitrogen and oxygen atoms in total. The van der Waals surface area contributed by atoms with E-state index in [0.29, 0.717) is 30.2 Å². The van der Waals surface area contributed by atoms with Crippen LogP contribution < -0.4 is 9.47 Å². The van der Waals surface area contributed by atoms with Gasteiger partial charge in [-0.05, 0) is 37.1 Å². The number of ether oxygens (including phenoxy) is 4. The largest absolute Gasteiger partial charge is 0.491 e. The van der Waals surface area contributed by atoms with E-state index in [1.807, 2.05) is 19.2 Å². The van der Waals surface area contributed by atoms with Crippen molar-refractivity contribution < 1.29 is 18.9 Å². The topological polar surface area (TPSA) is 91.4 Å². The van der Waals surface area contributed by atoms with Gasteiger partial charge in [0.1, 0.15) is 29.7 Å². The van der Waals surface area contributed by atoms with Crippen LogP contribution in [-0.2, 0) is 16.5 Å². The van der Waals surface area contributed by atoms with E-state index in [1.165, 1.54) is 0 Å². The standard InChI is InChI=1S/C21H22N4O4/c1-25-20-12-21(18(13-22)24-19(20)14-23-25)29-17-4-2-15(3-5-17)27-10-11-28-16-6-8-26-9-7-16/h2-5,12,14,16H,6-11H2,1H3. The van der Waals surface area contributed by atoms with E-state index in [2.05, 4.69) is 16.2 Å². The molecule has 1 saturated heterocycles. The number of pyridine rings is 1. The average molecular weight is 394 g/mol. The number of aromatic nitrogens is 3. The zero-order chi connectivity index (χ0) is 20.1. The number of fused-ring (bicyclic) bond motifs is 1. The van der Waals surface area contributed by atoms with Gasteiger partial charge in [0.25, 0.3) is 0 Å². The maximum Gasteiger partial charge on any atom is 0.184 e. The quantitative estimate of drug-likeness (QED) is 0.568. The maximum absolute atomic E-state index is 9.36. The van der Waals surface area contributed by atoms with E-state index in [1.54, 1.807) is 29.1 Å². The molecule has 0 spiro atoms. The van der Waals surface area contributed by atoms with Crippen molar-refractivity contribution in [2.24, 2.45) is 7.05 Å². The molecule has 8 heteroatoms.